The number of nitrogens with zero attached hydrogens (tertiary/aromatic N) is 2. The second-order valence-electron chi connectivity index (χ2n) is 11.1. The molecule has 0 aromatic heterocycles. The van der Waals surface area contributed by atoms with Gasteiger partial charge < -0.3 is 19.6 Å². The van der Waals surface area contributed by atoms with Crippen LogP contribution < -0.4 is 9.46 Å². The number of hydrogen-bond donors (Lipinski definition) is 2. The molecule has 1 fully saturated rings. The lowest BCUT2D eigenvalue weighted by atomic mass is 9.89. The Labute approximate surface area is 237 Å². The van der Waals surface area contributed by atoms with Gasteiger partial charge in [0.25, 0.3) is 15.9 Å². The number of halogens is 1. The van der Waals surface area contributed by atoms with Crippen molar-refractivity contribution in [2.24, 2.45) is 11.8 Å². The summed E-state index contributed by atoms with van der Waals surface area (Å²) in [6.45, 7) is 5.69. The number of nitrogens with one attached hydrogen (secondary N) is 1. The Morgan fingerprint density at radius 2 is 1.82 bits per heavy atom. The maximum atomic E-state index is 13.7. The van der Waals surface area contributed by atoms with Crippen molar-refractivity contribution in [3.05, 3.63) is 53.1 Å². The molecule has 3 atom stereocenters. The first-order chi connectivity index (χ1) is 18.6. The number of amides is 1. The maximum Gasteiger partial charge on any atom is 0.262 e. The number of ether oxygens (including phenoxy) is 1. The zero-order valence-electron chi connectivity index (χ0n) is 23.0. The molecule has 0 saturated heterocycles. The Morgan fingerprint density at radius 3 is 2.49 bits per heavy atom. The topological polar surface area (TPSA) is 99.2 Å². The lowest BCUT2D eigenvalue weighted by molar-refractivity contribution is 0.0333. The molecule has 2 aliphatic rings. The number of fused-ring (bicyclic) bond motifs is 1. The molecular weight excluding hydrogens is 538 g/mol. The number of carbonyl (C=O) groups is 1. The lowest BCUT2D eigenvalue weighted by Crippen LogP contribution is -2.50. The average Bonchev–Trinajstić information content (AvgIpc) is 2.91. The van der Waals surface area contributed by atoms with E-state index in [4.69, 9.17) is 16.3 Å². The van der Waals surface area contributed by atoms with Crippen LogP contribution in [0.5, 0.6) is 5.75 Å². The van der Waals surface area contributed by atoms with E-state index in [9.17, 15) is 18.3 Å². The predicted octanol–water partition coefficient (Wildman–Crippen LogP) is 4.87. The van der Waals surface area contributed by atoms with Gasteiger partial charge in [-0.15, -0.1) is 0 Å². The molecular formula is C29H40ClN3O5S. The van der Waals surface area contributed by atoms with E-state index in [0.717, 1.165) is 6.54 Å². The van der Waals surface area contributed by atoms with Crippen LogP contribution in [-0.4, -0.2) is 74.7 Å². The first kappa shape index (κ1) is 29.6. The highest BCUT2D eigenvalue weighted by Crippen LogP contribution is 2.36. The number of rotatable bonds is 9. The van der Waals surface area contributed by atoms with Crippen molar-refractivity contribution >= 4 is 33.2 Å². The number of likely N-dealkylation sites (N-methyl/N-ethyl adjacent to an activating group) is 1. The van der Waals surface area contributed by atoms with Crippen molar-refractivity contribution in [1.29, 1.82) is 0 Å². The van der Waals surface area contributed by atoms with Crippen LogP contribution in [0.4, 0.5) is 5.69 Å². The summed E-state index contributed by atoms with van der Waals surface area (Å²) in [5.74, 6) is 0.498. The number of aliphatic hydroxyl groups excluding tert-OH is 1. The van der Waals surface area contributed by atoms with Crippen molar-refractivity contribution in [3.8, 4) is 5.75 Å². The van der Waals surface area contributed by atoms with Crippen LogP contribution in [0.1, 0.15) is 56.3 Å². The van der Waals surface area contributed by atoms with Gasteiger partial charge in [0.15, 0.2) is 5.75 Å². The number of hydrogen-bond acceptors (Lipinski definition) is 6. The van der Waals surface area contributed by atoms with Gasteiger partial charge in [0.2, 0.25) is 0 Å². The number of carbonyl (C=O) groups excluding carboxylic acids is 1. The van der Waals surface area contributed by atoms with E-state index in [1.165, 1.54) is 56.4 Å². The summed E-state index contributed by atoms with van der Waals surface area (Å²) >= 11 is 5.95. The van der Waals surface area contributed by atoms with Crippen LogP contribution in [0.25, 0.3) is 0 Å². The fourth-order valence-corrected chi connectivity index (χ4v) is 6.74. The minimum absolute atomic E-state index is 0.0503. The summed E-state index contributed by atoms with van der Waals surface area (Å²) in [4.78, 5) is 17.7. The molecule has 2 N–H and O–H groups in total. The quantitative estimate of drug-likeness (QED) is 0.441. The maximum absolute atomic E-state index is 13.7. The van der Waals surface area contributed by atoms with Crippen LogP contribution in [0.3, 0.4) is 0 Å². The molecule has 1 amide bonds. The van der Waals surface area contributed by atoms with E-state index in [1.54, 1.807) is 23.1 Å². The molecule has 1 aliphatic carbocycles. The van der Waals surface area contributed by atoms with Crippen molar-refractivity contribution in [1.82, 2.24) is 9.80 Å². The van der Waals surface area contributed by atoms with E-state index in [-0.39, 0.29) is 46.4 Å². The van der Waals surface area contributed by atoms with Crippen molar-refractivity contribution < 1.29 is 23.1 Å². The van der Waals surface area contributed by atoms with E-state index in [1.807, 2.05) is 13.8 Å². The largest absolute Gasteiger partial charge is 0.486 e. The fourth-order valence-electron chi connectivity index (χ4n) is 5.55. The monoisotopic (exact) mass is 577 g/mol. The van der Waals surface area contributed by atoms with Gasteiger partial charge in [-0.3, -0.25) is 9.52 Å². The van der Waals surface area contributed by atoms with Gasteiger partial charge in [0, 0.05) is 30.6 Å². The molecule has 1 aliphatic heterocycles. The van der Waals surface area contributed by atoms with Crippen LogP contribution in [0, 0.1) is 11.8 Å². The minimum atomic E-state index is -3.97. The zero-order chi connectivity index (χ0) is 28.2. The van der Waals surface area contributed by atoms with Crippen molar-refractivity contribution in [3.63, 3.8) is 0 Å². The van der Waals surface area contributed by atoms with Gasteiger partial charge in [0.05, 0.1) is 28.8 Å². The Hall–Kier alpha value is -2.33. The second kappa shape index (κ2) is 12.9. The molecule has 0 radical (unpaired) electrons. The molecule has 8 nitrogen and oxygen atoms in total. The first-order valence-corrected chi connectivity index (χ1v) is 15.6. The number of anilines is 1. The predicted molar refractivity (Wildman–Crippen MR) is 154 cm³/mol. The third kappa shape index (κ3) is 7.25. The standard InChI is InChI=1S/C29H40ClN3O5S/c1-20-16-33(21(2)19-34)29(35)25-10-7-11-26(31-39(36,37)24-14-12-23(30)13-15-24)28(25)38-27(20)18-32(3)17-22-8-5-4-6-9-22/h7,10-15,20-22,27,31,34H,4-6,8-9,16-19H2,1-3H3/t20-,21+,27+/m0/s1. The van der Waals surface area contributed by atoms with Gasteiger partial charge in [-0.05, 0) is 69.1 Å². The van der Waals surface area contributed by atoms with E-state index in [2.05, 4.69) is 16.7 Å². The van der Waals surface area contributed by atoms with Crippen LogP contribution in [0.15, 0.2) is 47.4 Å². The second-order valence-corrected chi connectivity index (χ2v) is 13.2. The van der Waals surface area contributed by atoms with E-state index >= 15 is 0 Å². The number of benzene rings is 2. The van der Waals surface area contributed by atoms with Crippen LogP contribution in [-0.2, 0) is 10.0 Å². The minimum Gasteiger partial charge on any atom is -0.486 e. The SMILES string of the molecule is C[C@H](CO)N1C[C@H](C)[C@@H](CN(C)CC2CCCCC2)Oc2c(NS(=O)(=O)c3ccc(Cl)cc3)cccc2C1=O. The highest BCUT2D eigenvalue weighted by atomic mass is 35.5. The molecule has 214 valence electrons. The van der Waals surface area contributed by atoms with Crippen LogP contribution >= 0.6 is 11.6 Å². The van der Waals surface area contributed by atoms with E-state index < -0.39 is 16.1 Å². The van der Waals surface area contributed by atoms with Crippen molar-refractivity contribution in [2.45, 2.75) is 63.0 Å². The molecule has 2 aromatic carbocycles. The molecule has 39 heavy (non-hydrogen) atoms. The Kier molecular flexibility index (Phi) is 9.80. The van der Waals surface area contributed by atoms with Crippen LogP contribution in [0.2, 0.25) is 5.02 Å². The summed E-state index contributed by atoms with van der Waals surface area (Å²) in [6, 6.07) is 10.4. The summed E-state index contributed by atoms with van der Waals surface area (Å²) in [5.41, 5.74) is 0.458. The fraction of sp³-hybridized carbons (Fsp3) is 0.552. The summed E-state index contributed by atoms with van der Waals surface area (Å²) in [5, 5.41) is 10.3. The van der Waals surface area contributed by atoms with Gasteiger partial charge in [0.1, 0.15) is 6.10 Å². The zero-order valence-corrected chi connectivity index (χ0v) is 24.5. The summed E-state index contributed by atoms with van der Waals surface area (Å²) in [7, 11) is -1.88. The average molecular weight is 578 g/mol. The third-order valence-corrected chi connectivity index (χ3v) is 9.48. The number of para-hydroxylation sites is 1. The van der Waals surface area contributed by atoms with Crippen molar-refractivity contribution in [2.75, 3.05) is 38.0 Å². The number of sulfonamides is 1. The van der Waals surface area contributed by atoms with E-state index in [0.29, 0.717) is 24.0 Å². The molecule has 0 unspecified atom stereocenters. The highest BCUT2D eigenvalue weighted by molar-refractivity contribution is 7.92. The summed E-state index contributed by atoms with van der Waals surface area (Å²) in [6.07, 6.45) is 6.02. The Bertz CT molecular complexity index is 1230. The molecule has 4 rings (SSSR count). The Morgan fingerprint density at radius 1 is 1.13 bits per heavy atom. The smallest absolute Gasteiger partial charge is 0.262 e. The van der Waals surface area contributed by atoms with Gasteiger partial charge >= 0.3 is 0 Å². The molecule has 10 heteroatoms. The first-order valence-electron chi connectivity index (χ1n) is 13.8. The van der Waals surface area contributed by atoms with Gasteiger partial charge in [-0.25, -0.2) is 8.42 Å². The molecule has 0 bridgehead atoms. The Balaban J connectivity index is 1.68. The number of aliphatic hydroxyl groups is 1. The third-order valence-electron chi connectivity index (χ3n) is 7.85. The molecule has 1 saturated carbocycles. The summed E-state index contributed by atoms with van der Waals surface area (Å²) < 4.78 is 35.7. The molecule has 0 spiro atoms. The molecule has 1 heterocycles. The van der Waals surface area contributed by atoms with Gasteiger partial charge in [-0.1, -0.05) is 43.9 Å². The lowest BCUT2D eigenvalue weighted by Gasteiger charge is -2.39. The highest BCUT2D eigenvalue weighted by Gasteiger charge is 2.35. The van der Waals surface area contributed by atoms with Gasteiger partial charge in [-0.2, -0.15) is 0 Å². The normalized spacial score (nSPS) is 21.6. The molecule has 2 aromatic rings.